The number of carbonyl (C=O) groups excluding carboxylic acids is 1. The molecule has 4 heterocycles. The summed E-state index contributed by atoms with van der Waals surface area (Å²) in [5, 5.41) is 21.9. The van der Waals surface area contributed by atoms with Crippen molar-refractivity contribution < 1.29 is 27.5 Å². The van der Waals surface area contributed by atoms with Gasteiger partial charge in [-0.1, -0.05) is 6.07 Å². The molecule has 43 heavy (non-hydrogen) atoms. The monoisotopic (exact) mass is 627 g/mol. The molecule has 1 atom stereocenters. The lowest BCUT2D eigenvalue weighted by Gasteiger charge is -2.33. The van der Waals surface area contributed by atoms with Crippen molar-refractivity contribution in [2.24, 2.45) is 5.73 Å². The average Bonchev–Trinajstić information content (AvgIpc) is 3.32. The number of β-amino-alcohol motifs (C(OH)–C–C–N with tert-alkyl or cyclic N) is 1. The van der Waals surface area contributed by atoms with Crippen molar-refractivity contribution in [3.8, 4) is 11.3 Å². The molecule has 0 saturated carbocycles. The van der Waals surface area contributed by atoms with E-state index in [0.29, 0.717) is 69.0 Å². The summed E-state index contributed by atoms with van der Waals surface area (Å²) in [4.78, 5) is 15.5. The van der Waals surface area contributed by atoms with Crippen LogP contribution in [0.3, 0.4) is 0 Å². The first-order valence-electron chi connectivity index (χ1n) is 15.0. The molecule has 0 bridgehead atoms. The zero-order chi connectivity index (χ0) is 30.6. The lowest BCUT2D eigenvalue weighted by molar-refractivity contribution is -0.139. The van der Waals surface area contributed by atoms with Gasteiger partial charge >= 0.3 is 12.2 Å². The topological polar surface area (TPSA) is 112 Å². The van der Waals surface area contributed by atoms with E-state index in [1.165, 1.54) is 17.8 Å². The number of alkyl halides is 4. The highest BCUT2D eigenvalue weighted by atomic mass is 32.2. The molecular formula is C29H41F4N7O2S. The van der Waals surface area contributed by atoms with Crippen molar-refractivity contribution in [2.45, 2.75) is 74.6 Å². The van der Waals surface area contributed by atoms with E-state index in [0.717, 1.165) is 49.8 Å². The summed E-state index contributed by atoms with van der Waals surface area (Å²) < 4.78 is 57.1. The number of carbonyl (C=O) groups is 1. The highest BCUT2D eigenvalue weighted by Crippen LogP contribution is 2.40. The third-order valence-electron chi connectivity index (χ3n) is 8.54. The van der Waals surface area contributed by atoms with Gasteiger partial charge in [0.15, 0.2) is 0 Å². The third kappa shape index (κ3) is 8.41. The molecule has 5 rings (SSSR count). The van der Waals surface area contributed by atoms with Crippen molar-refractivity contribution in [1.82, 2.24) is 30.2 Å². The number of nitrogens with one attached hydrogen (secondary N) is 2. The molecule has 1 aromatic heterocycles. The van der Waals surface area contributed by atoms with Gasteiger partial charge in [0.2, 0.25) is 0 Å². The SMILES string of the molecule is NC(=O)NC1CCN(CC(O)Cn2nc(-c3ccc(C(F)(F)F)c(SCCN4CCC(F)CC4)c3)c3c2CCNC3)CC1. The number of fused-ring (bicyclic) bond motifs is 1. The number of thioether (sulfide) groups is 1. The van der Waals surface area contributed by atoms with E-state index in [2.05, 4.69) is 20.4 Å². The molecule has 5 N–H and O–H groups in total. The first-order chi connectivity index (χ1) is 20.6. The van der Waals surface area contributed by atoms with E-state index >= 15 is 0 Å². The molecule has 1 aromatic carbocycles. The minimum Gasteiger partial charge on any atom is -0.390 e. The number of rotatable bonds is 10. The molecule has 2 fully saturated rings. The maximum atomic E-state index is 13.9. The van der Waals surface area contributed by atoms with Crippen molar-refractivity contribution in [3.05, 3.63) is 35.0 Å². The third-order valence-corrected chi connectivity index (χ3v) is 9.57. The van der Waals surface area contributed by atoms with Gasteiger partial charge in [-0.15, -0.1) is 11.8 Å². The van der Waals surface area contributed by atoms with Crippen LogP contribution >= 0.6 is 11.8 Å². The van der Waals surface area contributed by atoms with Crippen LogP contribution in [0.1, 0.15) is 42.5 Å². The predicted octanol–water partition coefficient (Wildman–Crippen LogP) is 3.23. The standard InChI is InChI=1S/C29H41F4N7O2S/c30-20-4-9-38(10-5-20)13-14-43-26-15-19(1-2-24(26)29(31,32)33)27-23-16-35-8-3-25(23)40(37-27)18-22(41)17-39-11-6-21(7-12-39)36-28(34)42/h1-2,15,20-22,35,41H,3-14,16-18H2,(H3,34,36,42). The number of hydrogen-bond acceptors (Lipinski definition) is 7. The molecule has 2 aromatic rings. The lowest BCUT2D eigenvalue weighted by atomic mass is 10.0. The number of hydrogen-bond donors (Lipinski definition) is 4. The van der Waals surface area contributed by atoms with Gasteiger partial charge < -0.3 is 31.3 Å². The number of amides is 2. The van der Waals surface area contributed by atoms with Crippen LogP contribution < -0.4 is 16.4 Å². The Morgan fingerprint density at radius 3 is 2.56 bits per heavy atom. The van der Waals surface area contributed by atoms with Crippen LogP contribution in [0, 0.1) is 0 Å². The smallest absolute Gasteiger partial charge is 0.390 e. The van der Waals surface area contributed by atoms with E-state index in [1.54, 1.807) is 6.07 Å². The van der Waals surface area contributed by atoms with Crippen LogP contribution in [0.5, 0.6) is 0 Å². The zero-order valence-corrected chi connectivity index (χ0v) is 25.0. The van der Waals surface area contributed by atoms with Crippen molar-refractivity contribution >= 4 is 17.8 Å². The summed E-state index contributed by atoms with van der Waals surface area (Å²) in [5.41, 5.74) is 7.75. The quantitative estimate of drug-likeness (QED) is 0.237. The van der Waals surface area contributed by atoms with Gasteiger partial charge in [-0.2, -0.15) is 18.3 Å². The van der Waals surface area contributed by atoms with Crippen LogP contribution in [0.2, 0.25) is 0 Å². The maximum absolute atomic E-state index is 13.9. The Bertz CT molecular complexity index is 1240. The van der Waals surface area contributed by atoms with Gasteiger partial charge in [0.05, 0.1) is 23.9 Å². The van der Waals surface area contributed by atoms with Crippen LogP contribution in [0.25, 0.3) is 11.3 Å². The Morgan fingerprint density at radius 2 is 1.86 bits per heavy atom. The Balaban J connectivity index is 1.29. The second-order valence-electron chi connectivity index (χ2n) is 11.7. The predicted molar refractivity (Wildman–Crippen MR) is 158 cm³/mol. The molecule has 3 aliphatic heterocycles. The van der Waals surface area contributed by atoms with Crippen LogP contribution in [-0.2, 0) is 25.7 Å². The average molecular weight is 628 g/mol. The molecule has 0 spiro atoms. The number of nitrogens with zero attached hydrogens (tertiary/aromatic N) is 4. The Kier molecular flexibility index (Phi) is 10.5. The summed E-state index contributed by atoms with van der Waals surface area (Å²) in [5.74, 6) is 0.472. The van der Waals surface area contributed by atoms with Crippen molar-refractivity contribution in [2.75, 3.05) is 51.6 Å². The van der Waals surface area contributed by atoms with E-state index < -0.39 is 30.0 Å². The molecule has 238 valence electrons. The first-order valence-corrected chi connectivity index (χ1v) is 16.0. The number of aromatic nitrogens is 2. The largest absolute Gasteiger partial charge is 0.417 e. The van der Waals surface area contributed by atoms with E-state index in [9.17, 15) is 27.5 Å². The summed E-state index contributed by atoms with van der Waals surface area (Å²) in [6.45, 7) is 5.35. The molecule has 0 radical (unpaired) electrons. The van der Waals surface area contributed by atoms with Crippen molar-refractivity contribution in [1.29, 1.82) is 0 Å². The molecule has 1 unspecified atom stereocenters. The zero-order valence-electron chi connectivity index (χ0n) is 24.2. The van der Waals surface area contributed by atoms with Gasteiger partial charge in [-0.3, -0.25) is 4.68 Å². The van der Waals surface area contributed by atoms with E-state index in [-0.39, 0.29) is 17.5 Å². The summed E-state index contributed by atoms with van der Waals surface area (Å²) in [6, 6.07) is 3.73. The second-order valence-corrected chi connectivity index (χ2v) is 12.8. The summed E-state index contributed by atoms with van der Waals surface area (Å²) in [7, 11) is 0. The highest BCUT2D eigenvalue weighted by Gasteiger charge is 2.34. The summed E-state index contributed by atoms with van der Waals surface area (Å²) >= 11 is 1.17. The molecule has 9 nitrogen and oxygen atoms in total. The number of primary amides is 1. The summed E-state index contributed by atoms with van der Waals surface area (Å²) in [6.07, 6.45) is -2.80. The van der Waals surface area contributed by atoms with Crippen LogP contribution in [0.15, 0.2) is 23.1 Å². The molecule has 2 amide bonds. The fraction of sp³-hybridized carbons (Fsp3) is 0.655. The molecular weight excluding hydrogens is 586 g/mol. The Labute approximate surface area is 253 Å². The molecule has 3 aliphatic rings. The number of piperidine rings is 2. The minimum atomic E-state index is -4.48. The second kappa shape index (κ2) is 14.1. The highest BCUT2D eigenvalue weighted by molar-refractivity contribution is 7.99. The van der Waals surface area contributed by atoms with Gasteiger partial charge in [-0.25, -0.2) is 9.18 Å². The van der Waals surface area contributed by atoms with E-state index in [1.807, 2.05) is 4.68 Å². The number of nitrogens with two attached hydrogens (primary N) is 1. The van der Waals surface area contributed by atoms with Gasteiger partial charge in [0.25, 0.3) is 0 Å². The minimum absolute atomic E-state index is 0.0414. The number of benzene rings is 1. The Hall–Kier alpha value is -2.39. The number of urea groups is 1. The van der Waals surface area contributed by atoms with E-state index in [4.69, 9.17) is 10.8 Å². The van der Waals surface area contributed by atoms with Gasteiger partial charge in [-0.05, 0) is 37.8 Å². The molecule has 0 aliphatic carbocycles. The first kappa shape index (κ1) is 32.0. The molecule has 2 saturated heterocycles. The molecule has 14 heteroatoms. The fourth-order valence-electron chi connectivity index (χ4n) is 6.25. The van der Waals surface area contributed by atoms with Gasteiger partial charge in [0, 0.05) is 92.3 Å². The number of aliphatic hydroxyl groups excluding tert-OH is 1. The van der Waals surface area contributed by atoms with Crippen molar-refractivity contribution in [3.63, 3.8) is 0 Å². The Morgan fingerprint density at radius 1 is 1.14 bits per heavy atom. The van der Waals surface area contributed by atoms with Crippen LogP contribution in [-0.4, -0.2) is 101 Å². The van der Waals surface area contributed by atoms with Gasteiger partial charge in [0.1, 0.15) is 6.17 Å². The number of aliphatic hydroxyl groups is 1. The fourth-order valence-corrected chi connectivity index (χ4v) is 7.37. The van der Waals surface area contributed by atoms with Crippen LogP contribution in [0.4, 0.5) is 22.4 Å². The normalized spacial score (nSPS) is 20.2. The number of halogens is 4. The number of likely N-dealkylation sites (tertiary alicyclic amines) is 2. The maximum Gasteiger partial charge on any atom is 0.417 e. The lowest BCUT2D eigenvalue weighted by Crippen LogP contribution is -2.48.